The molecule has 4 aromatic rings. The molecule has 0 saturated carbocycles. The molecule has 0 bridgehead atoms. The van der Waals surface area contributed by atoms with Gasteiger partial charge in [0, 0.05) is 31.5 Å². The van der Waals surface area contributed by atoms with E-state index in [9.17, 15) is 4.39 Å². The maximum atomic E-state index is 13.7. The lowest BCUT2D eigenvalue weighted by molar-refractivity contribution is 0.220. The van der Waals surface area contributed by atoms with Crippen molar-refractivity contribution in [3.8, 4) is 11.5 Å². The Balaban J connectivity index is 1.50. The van der Waals surface area contributed by atoms with Gasteiger partial charge in [0.05, 0.1) is 11.1 Å². The first-order valence-corrected chi connectivity index (χ1v) is 11.2. The van der Waals surface area contributed by atoms with E-state index in [4.69, 9.17) is 16.3 Å². The molecule has 1 aliphatic rings. The fourth-order valence-electron chi connectivity index (χ4n) is 4.44. The lowest BCUT2D eigenvalue weighted by Crippen LogP contribution is -2.29. The number of hydrogen-bond acceptors (Lipinski definition) is 2. The van der Waals surface area contributed by atoms with Crippen LogP contribution in [0.25, 0.3) is 0 Å². The minimum Gasteiger partial charge on any atom is -0.457 e. The number of para-hydroxylation sites is 1. The Morgan fingerprint density at radius 1 is 0.875 bits per heavy atom. The zero-order chi connectivity index (χ0) is 21.9. The number of fused-ring (bicyclic) bond motifs is 1. The lowest BCUT2D eigenvalue weighted by atomic mass is 10.0. The van der Waals surface area contributed by atoms with Crippen molar-refractivity contribution in [3.63, 3.8) is 0 Å². The van der Waals surface area contributed by atoms with Crippen LogP contribution in [0.15, 0.2) is 91.1 Å². The Bertz CT molecular complexity index is 1210. The molecular formula is C27H24ClFN2O. The van der Waals surface area contributed by atoms with Crippen molar-refractivity contribution in [3.05, 3.63) is 119 Å². The van der Waals surface area contributed by atoms with E-state index in [0.717, 1.165) is 42.1 Å². The summed E-state index contributed by atoms with van der Waals surface area (Å²) in [5.74, 6) is 1.23. The van der Waals surface area contributed by atoms with Crippen molar-refractivity contribution in [1.82, 2.24) is 9.47 Å². The molecule has 0 saturated heterocycles. The smallest absolute Gasteiger partial charge is 0.141 e. The van der Waals surface area contributed by atoms with Crippen molar-refractivity contribution in [2.45, 2.75) is 25.6 Å². The van der Waals surface area contributed by atoms with Gasteiger partial charge in [-0.15, -0.1) is 0 Å². The maximum Gasteiger partial charge on any atom is 0.141 e. The Morgan fingerprint density at radius 3 is 2.56 bits per heavy atom. The fraction of sp³-hybridized carbons (Fsp3) is 0.185. The molecule has 3 aromatic carbocycles. The number of benzene rings is 3. The number of nitrogens with zero attached hydrogens (tertiary/aromatic N) is 2. The second kappa shape index (κ2) is 9.19. The first-order chi connectivity index (χ1) is 15.7. The van der Waals surface area contributed by atoms with Gasteiger partial charge in [0.1, 0.15) is 17.3 Å². The molecule has 0 spiro atoms. The molecule has 3 nitrogen and oxygen atoms in total. The molecule has 0 amide bonds. The molecule has 2 heterocycles. The van der Waals surface area contributed by atoms with Gasteiger partial charge in [0.15, 0.2) is 0 Å². The second-order valence-electron chi connectivity index (χ2n) is 8.09. The summed E-state index contributed by atoms with van der Waals surface area (Å²) < 4.78 is 22.1. The quantitative estimate of drug-likeness (QED) is 0.326. The van der Waals surface area contributed by atoms with Crippen molar-refractivity contribution in [2.75, 3.05) is 6.54 Å². The number of rotatable bonds is 5. The van der Waals surface area contributed by atoms with Gasteiger partial charge in [0.2, 0.25) is 0 Å². The molecule has 0 unspecified atom stereocenters. The molecule has 0 N–H and O–H groups in total. The highest BCUT2D eigenvalue weighted by Crippen LogP contribution is 2.35. The molecule has 0 fully saturated rings. The molecule has 1 atom stereocenters. The van der Waals surface area contributed by atoms with E-state index in [1.165, 1.54) is 11.8 Å². The molecule has 0 radical (unpaired) electrons. The summed E-state index contributed by atoms with van der Waals surface area (Å²) in [6, 6.07) is 27.4. The highest BCUT2D eigenvalue weighted by atomic mass is 35.5. The third-order valence-electron chi connectivity index (χ3n) is 5.88. The highest BCUT2D eigenvalue weighted by Gasteiger charge is 2.28. The van der Waals surface area contributed by atoms with Crippen LogP contribution in [0.3, 0.4) is 0 Å². The summed E-state index contributed by atoms with van der Waals surface area (Å²) in [5, 5.41) is 0.163. The Hall–Kier alpha value is -3.08. The predicted octanol–water partition coefficient (Wildman–Crippen LogP) is 7.07. The average Bonchev–Trinajstić information content (AvgIpc) is 3.18. The lowest BCUT2D eigenvalue weighted by Gasteiger charge is -2.31. The summed E-state index contributed by atoms with van der Waals surface area (Å²) >= 11 is 6.06. The van der Waals surface area contributed by atoms with Gasteiger partial charge in [-0.2, -0.15) is 0 Å². The standard InChI is InChI=1S/C27H24ClFN2O/c28-24-17-20(12-13-25(24)29)19-31-16-6-15-30-14-5-11-26(30)27(31)21-7-4-10-23(18-21)32-22-8-2-1-3-9-22/h1-5,7-14,17-18,27H,6,15-16,19H2/t27-/m0/s1. The third-order valence-corrected chi connectivity index (χ3v) is 6.17. The van der Waals surface area contributed by atoms with Gasteiger partial charge in [0.25, 0.3) is 0 Å². The Kier molecular flexibility index (Phi) is 5.97. The van der Waals surface area contributed by atoms with Crippen LogP contribution in [0.5, 0.6) is 11.5 Å². The molecule has 5 rings (SSSR count). The first kappa shape index (κ1) is 20.8. The average molecular weight is 447 g/mol. The van der Waals surface area contributed by atoms with Crippen LogP contribution < -0.4 is 4.74 Å². The van der Waals surface area contributed by atoms with Crippen LogP contribution >= 0.6 is 11.6 Å². The van der Waals surface area contributed by atoms with E-state index in [1.807, 2.05) is 48.5 Å². The highest BCUT2D eigenvalue weighted by molar-refractivity contribution is 6.30. The number of ether oxygens (including phenoxy) is 1. The van der Waals surface area contributed by atoms with E-state index in [-0.39, 0.29) is 16.9 Å². The second-order valence-corrected chi connectivity index (χ2v) is 8.50. The summed E-state index contributed by atoms with van der Waals surface area (Å²) in [5.41, 5.74) is 3.40. The van der Waals surface area contributed by atoms with Crippen LogP contribution in [0.2, 0.25) is 5.02 Å². The largest absolute Gasteiger partial charge is 0.457 e. The van der Waals surface area contributed by atoms with Gasteiger partial charge in [-0.25, -0.2) is 4.39 Å². The molecule has 162 valence electrons. The predicted molar refractivity (Wildman–Crippen MR) is 126 cm³/mol. The normalized spacial score (nSPS) is 16.4. The van der Waals surface area contributed by atoms with Crippen LogP contribution in [-0.2, 0) is 13.1 Å². The van der Waals surface area contributed by atoms with Crippen LogP contribution in [-0.4, -0.2) is 16.0 Å². The van der Waals surface area contributed by atoms with Crippen molar-refractivity contribution in [2.24, 2.45) is 0 Å². The Labute approximate surface area is 192 Å². The number of aromatic nitrogens is 1. The van der Waals surface area contributed by atoms with Gasteiger partial charge >= 0.3 is 0 Å². The van der Waals surface area contributed by atoms with Crippen LogP contribution in [0, 0.1) is 5.82 Å². The molecule has 1 aliphatic heterocycles. The maximum absolute atomic E-state index is 13.7. The van der Waals surface area contributed by atoms with E-state index < -0.39 is 0 Å². The molecular weight excluding hydrogens is 423 g/mol. The van der Waals surface area contributed by atoms with E-state index in [0.29, 0.717) is 6.54 Å². The zero-order valence-electron chi connectivity index (χ0n) is 17.6. The number of hydrogen-bond donors (Lipinski definition) is 0. The van der Waals surface area contributed by atoms with Crippen LogP contribution in [0.1, 0.15) is 29.3 Å². The summed E-state index contributed by atoms with van der Waals surface area (Å²) in [4.78, 5) is 2.43. The van der Waals surface area contributed by atoms with Crippen molar-refractivity contribution < 1.29 is 9.13 Å². The molecule has 5 heteroatoms. The van der Waals surface area contributed by atoms with Gasteiger partial charge in [-0.1, -0.05) is 48.0 Å². The van der Waals surface area contributed by atoms with E-state index in [1.54, 1.807) is 6.07 Å². The van der Waals surface area contributed by atoms with E-state index >= 15 is 0 Å². The monoisotopic (exact) mass is 446 g/mol. The first-order valence-electron chi connectivity index (χ1n) is 10.8. The molecule has 0 aliphatic carbocycles. The number of aryl methyl sites for hydroxylation is 1. The zero-order valence-corrected chi connectivity index (χ0v) is 18.4. The van der Waals surface area contributed by atoms with Crippen molar-refractivity contribution >= 4 is 11.6 Å². The third kappa shape index (κ3) is 4.43. The van der Waals surface area contributed by atoms with Crippen LogP contribution in [0.4, 0.5) is 4.39 Å². The number of halogens is 2. The van der Waals surface area contributed by atoms with Gasteiger partial charge in [-0.05, 0) is 66.1 Å². The Morgan fingerprint density at radius 2 is 1.72 bits per heavy atom. The van der Waals surface area contributed by atoms with Gasteiger partial charge in [-0.3, -0.25) is 4.90 Å². The minimum absolute atomic E-state index is 0.0515. The molecule has 32 heavy (non-hydrogen) atoms. The molecule has 1 aromatic heterocycles. The van der Waals surface area contributed by atoms with Crippen molar-refractivity contribution in [1.29, 1.82) is 0 Å². The summed E-state index contributed by atoms with van der Waals surface area (Å²) in [7, 11) is 0. The SMILES string of the molecule is Fc1ccc(CN2CCCn3cccc3[C@@H]2c2cccc(Oc3ccccc3)c2)cc1Cl. The van der Waals surface area contributed by atoms with Gasteiger partial charge < -0.3 is 9.30 Å². The minimum atomic E-state index is -0.387. The topological polar surface area (TPSA) is 17.4 Å². The summed E-state index contributed by atoms with van der Waals surface area (Å²) in [6.07, 6.45) is 3.18. The van der Waals surface area contributed by atoms with E-state index in [2.05, 4.69) is 39.9 Å². The fourth-order valence-corrected chi connectivity index (χ4v) is 4.64. The summed E-state index contributed by atoms with van der Waals surface area (Å²) in [6.45, 7) is 2.57.